The van der Waals surface area contributed by atoms with E-state index < -0.39 is 0 Å². The lowest BCUT2D eigenvalue weighted by Gasteiger charge is -2.26. The number of nitrogens with zero attached hydrogens (tertiary/aromatic N) is 1. The molecule has 0 spiro atoms. The van der Waals surface area contributed by atoms with Crippen LogP contribution >= 0.6 is 0 Å². The lowest BCUT2D eigenvalue weighted by Crippen LogP contribution is -2.39. The van der Waals surface area contributed by atoms with Crippen molar-refractivity contribution in [3.63, 3.8) is 0 Å². The normalized spacial score (nSPS) is 28.2. The van der Waals surface area contributed by atoms with Gasteiger partial charge >= 0.3 is 0 Å². The number of carbonyl (C=O) groups is 1. The average molecular weight is 284 g/mol. The fourth-order valence-corrected chi connectivity index (χ4v) is 4.08. The van der Waals surface area contributed by atoms with Gasteiger partial charge in [-0.05, 0) is 24.3 Å². The molecule has 0 saturated carbocycles. The second-order valence-electron chi connectivity index (χ2n) is 6.16. The lowest BCUT2D eigenvalue weighted by atomic mass is 9.93. The van der Waals surface area contributed by atoms with Crippen LogP contribution in [0.15, 0.2) is 34.9 Å². The van der Waals surface area contributed by atoms with Crippen LogP contribution in [0.1, 0.15) is 23.7 Å². The summed E-state index contributed by atoms with van der Waals surface area (Å²) in [4.78, 5) is 15.0. The van der Waals surface area contributed by atoms with Gasteiger partial charge in [0.15, 0.2) is 0 Å². The number of rotatable bonds is 2. The molecule has 2 aliphatic rings. The minimum atomic E-state index is 0.126. The molecule has 0 bridgehead atoms. The number of likely N-dealkylation sites (tertiary alicyclic amines) is 1. The van der Waals surface area contributed by atoms with Crippen LogP contribution in [0.25, 0.3) is 11.0 Å². The topological polar surface area (TPSA) is 45.5 Å². The first-order valence-electron chi connectivity index (χ1n) is 7.77. The Morgan fingerprint density at radius 2 is 2.24 bits per heavy atom. The standard InChI is InChI=1S/C17H20N2O2/c1-2-15-13-8-18-7-11(13)9-19(15)17(20)14-10-21-16-6-4-3-5-12(14)16/h3-6,10-11,13,15,18H,2,7-9H2,1H3. The zero-order chi connectivity index (χ0) is 14.4. The van der Waals surface area contributed by atoms with Crippen molar-refractivity contribution < 1.29 is 9.21 Å². The molecular weight excluding hydrogens is 264 g/mol. The van der Waals surface area contributed by atoms with Crippen LogP contribution in [0.3, 0.4) is 0 Å². The molecule has 110 valence electrons. The van der Waals surface area contributed by atoms with Gasteiger partial charge in [-0.2, -0.15) is 0 Å². The second kappa shape index (κ2) is 4.88. The van der Waals surface area contributed by atoms with E-state index in [1.54, 1.807) is 6.26 Å². The summed E-state index contributed by atoms with van der Waals surface area (Å²) >= 11 is 0. The Hall–Kier alpha value is -1.81. The third-order valence-electron chi connectivity index (χ3n) is 5.11. The quantitative estimate of drug-likeness (QED) is 0.921. The van der Waals surface area contributed by atoms with Crippen molar-refractivity contribution in [2.24, 2.45) is 11.8 Å². The van der Waals surface area contributed by atoms with Gasteiger partial charge in [0.2, 0.25) is 0 Å². The molecule has 1 aromatic heterocycles. The van der Waals surface area contributed by atoms with Crippen LogP contribution in [0.4, 0.5) is 0 Å². The van der Waals surface area contributed by atoms with E-state index in [0.717, 1.165) is 37.0 Å². The zero-order valence-electron chi connectivity index (χ0n) is 12.2. The highest BCUT2D eigenvalue weighted by Gasteiger charge is 2.45. The molecule has 3 unspecified atom stereocenters. The first-order chi connectivity index (χ1) is 10.3. The summed E-state index contributed by atoms with van der Waals surface area (Å²) in [5.41, 5.74) is 1.49. The van der Waals surface area contributed by atoms with E-state index in [4.69, 9.17) is 4.42 Å². The molecule has 4 heteroatoms. The van der Waals surface area contributed by atoms with Crippen molar-refractivity contribution in [3.05, 3.63) is 36.1 Å². The van der Waals surface area contributed by atoms with E-state index >= 15 is 0 Å². The third-order valence-corrected chi connectivity index (χ3v) is 5.11. The number of nitrogens with one attached hydrogen (secondary N) is 1. The number of fused-ring (bicyclic) bond motifs is 2. The van der Waals surface area contributed by atoms with Gasteiger partial charge in [-0.3, -0.25) is 4.79 Å². The molecule has 2 aromatic rings. The number of benzene rings is 1. The first kappa shape index (κ1) is 12.9. The van der Waals surface area contributed by atoms with Crippen LogP contribution in [0.5, 0.6) is 0 Å². The molecule has 0 aliphatic carbocycles. The van der Waals surface area contributed by atoms with E-state index in [0.29, 0.717) is 23.4 Å². The van der Waals surface area contributed by atoms with Crippen molar-refractivity contribution >= 4 is 16.9 Å². The Kier molecular flexibility index (Phi) is 3.00. The Balaban J connectivity index is 1.68. The highest BCUT2D eigenvalue weighted by atomic mass is 16.3. The van der Waals surface area contributed by atoms with Gasteiger partial charge in [0.25, 0.3) is 5.91 Å². The molecular formula is C17H20N2O2. The van der Waals surface area contributed by atoms with Gasteiger partial charge in [-0.1, -0.05) is 25.1 Å². The summed E-state index contributed by atoms with van der Waals surface area (Å²) in [7, 11) is 0. The molecule has 21 heavy (non-hydrogen) atoms. The molecule has 2 fully saturated rings. The molecule has 2 saturated heterocycles. The van der Waals surface area contributed by atoms with Gasteiger partial charge in [0.05, 0.1) is 5.56 Å². The van der Waals surface area contributed by atoms with Crippen molar-refractivity contribution in [2.75, 3.05) is 19.6 Å². The highest BCUT2D eigenvalue weighted by molar-refractivity contribution is 6.06. The number of carbonyl (C=O) groups excluding carboxylic acids is 1. The van der Waals surface area contributed by atoms with Crippen LogP contribution in [-0.2, 0) is 0 Å². The minimum absolute atomic E-state index is 0.126. The fourth-order valence-electron chi connectivity index (χ4n) is 4.08. The molecule has 4 rings (SSSR count). The number of hydrogen-bond acceptors (Lipinski definition) is 3. The van der Waals surface area contributed by atoms with Gasteiger partial charge in [0.1, 0.15) is 11.8 Å². The SMILES string of the molecule is CCC1C2CNCC2CN1C(=O)c1coc2ccccc12. The van der Waals surface area contributed by atoms with E-state index in [1.165, 1.54) is 0 Å². The first-order valence-corrected chi connectivity index (χ1v) is 7.77. The smallest absolute Gasteiger partial charge is 0.258 e. The van der Waals surface area contributed by atoms with E-state index in [-0.39, 0.29) is 5.91 Å². The van der Waals surface area contributed by atoms with Crippen molar-refractivity contribution in [1.82, 2.24) is 10.2 Å². The Morgan fingerprint density at radius 1 is 1.38 bits per heavy atom. The maximum atomic E-state index is 13.0. The maximum absolute atomic E-state index is 13.0. The Morgan fingerprint density at radius 3 is 3.10 bits per heavy atom. The molecule has 1 N–H and O–H groups in total. The van der Waals surface area contributed by atoms with Crippen molar-refractivity contribution in [1.29, 1.82) is 0 Å². The number of amides is 1. The molecule has 0 radical (unpaired) electrons. The van der Waals surface area contributed by atoms with Crippen LogP contribution < -0.4 is 5.32 Å². The highest BCUT2D eigenvalue weighted by Crippen LogP contribution is 2.36. The van der Waals surface area contributed by atoms with Gasteiger partial charge in [-0.15, -0.1) is 0 Å². The number of furan rings is 1. The fraction of sp³-hybridized carbons (Fsp3) is 0.471. The monoisotopic (exact) mass is 284 g/mol. The number of hydrogen-bond donors (Lipinski definition) is 1. The lowest BCUT2D eigenvalue weighted by molar-refractivity contribution is 0.0712. The van der Waals surface area contributed by atoms with E-state index in [9.17, 15) is 4.79 Å². The summed E-state index contributed by atoms with van der Waals surface area (Å²) in [6.07, 6.45) is 2.64. The summed E-state index contributed by atoms with van der Waals surface area (Å²) in [5, 5.41) is 4.38. The predicted octanol–water partition coefficient (Wildman–Crippen LogP) is 2.50. The number of para-hydroxylation sites is 1. The molecule has 1 amide bonds. The molecule has 1 aromatic carbocycles. The molecule has 3 atom stereocenters. The summed E-state index contributed by atoms with van der Waals surface area (Å²) in [6.45, 7) is 5.13. The molecule has 2 aliphatic heterocycles. The second-order valence-corrected chi connectivity index (χ2v) is 6.16. The summed E-state index contributed by atoms with van der Waals surface area (Å²) in [5.74, 6) is 1.34. The Labute approximate surface area is 124 Å². The molecule has 4 nitrogen and oxygen atoms in total. The largest absolute Gasteiger partial charge is 0.463 e. The molecule has 3 heterocycles. The third kappa shape index (κ3) is 1.89. The summed E-state index contributed by atoms with van der Waals surface area (Å²) < 4.78 is 5.53. The van der Waals surface area contributed by atoms with Gasteiger partial charge in [-0.25, -0.2) is 0 Å². The van der Waals surface area contributed by atoms with E-state index in [2.05, 4.69) is 17.1 Å². The average Bonchev–Trinajstić information content (AvgIpc) is 3.19. The Bertz CT molecular complexity index is 678. The summed E-state index contributed by atoms with van der Waals surface area (Å²) in [6, 6.07) is 8.11. The van der Waals surface area contributed by atoms with Crippen LogP contribution in [0, 0.1) is 11.8 Å². The zero-order valence-corrected chi connectivity index (χ0v) is 12.2. The van der Waals surface area contributed by atoms with Gasteiger partial charge in [0, 0.05) is 31.1 Å². The van der Waals surface area contributed by atoms with Crippen molar-refractivity contribution in [2.45, 2.75) is 19.4 Å². The van der Waals surface area contributed by atoms with Gasteiger partial charge < -0.3 is 14.6 Å². The van der Waals surface area contributed by atoms with Crippen LogP contribution in [0.2, 0.25) is 0 Å². The minimum Gasteiger partial charge on any atom is -0.463 e. The van der Waals surface area contributed by atoms with Crippen LogP contribution in [-0.4, -0.2) is 36.5 Å². The predicted molar refractivity (Wildman–Crippen MR) is 81.2 cm³/mol. The van der Waals surface area contributed by atoms with E-state index in [1.807, 2.05) is 24.3 Å². The maximum Gasteiger partial charge on any atom is 0.258 e. The van der Waals surface area contributed by atoms with Crippen molar-refractivity contribution in [3.8, 4) is 0 Å².